The zero-order valence-electron chi connectivity index (χ0n) is 20.5. The molecule has 0 spiro atoms. The lowest BCUT2D eigenvalue weighted by Crippen LogP contribution is -2.27. The van der Waals surface area contributed by atoms with Crippen molar-refractivity contribution in [3.8, 4) is 11.5 Å². The van der Waals surface area contributed by atoms with Crippen LogP contribution in [0, 0.1) is 6.92 Å². The summed E-state index contributed by atoms with van der Waals surface area (Å²) in [5.41, 5.74) is 0.127. The van der Waals surface area contributed by atoms with Crippen molar-refractivity contribution in [1.29, 1.82) is 0 Å². The number of hydrogen-bond donors (Lipinski definition) is 0. The molecule has 6 nitrogen and oxygen atoms in total. The zero-order valence-corrected chi connectivity index (χ0v) is 20.5. The van der Waals surface area contributed by atoms with Crippen molar-refractivity contribution in [2.45, 2.75) is 32.9 Å². The van der Waals surface area contributed by atoms with Crippen molar-refractivity contribution in [1.82, 2.24) is 0 Å². The third-order valence-corrected chi connectivity index (χ3v) is 5.45. The first-order chi connectivity index (χ1) is 17.0. The predicted molar refractivity (Wildman–Crippen MR) is 129 cm³/mol. The Balaban J connectivity index is 2.30. The molecule has 3 rings (SSSR count). The molecular formula is C27H26F3NO5. The molecular weight excluding hydrogens is 475 g/mol. The van der Waals surface area contributed by atoms with Crippen molar-refractivity contribution in [3.63, 3.8) is 0 Å². The van der Waals surface area contributed by atoms with E-state index in [0.717, 1.165) is 42.4 Å². The number of anilines is 1. The van der Waals surface area contributed by atoms with Gasteiger partial charge in [-0.3, -0.25) is 0 Å². The minimum atomic E-state index is -4.67. The van der Waals surface area contributed by atoms with Gasteiger partial charge in [0.05, 0.1) is 31.0 Å². The van der Waals surface area contributed by atoms with E-state index in [1.807, 2.05) is 32.9 Å². The van der Waals surface area contributed by atoms with Crippen molar-refractivity contribution < 1.29 is 37.0 Å². The van der Waals surface area contributed by atoms with Crippen LogP contribution in [0.3, 0.4) is 0 Å². The van der Waals surface area contributed by atoms with Crippen LogP contribution in [0.2, 0.25) is 0 Å². The highest BCUT2D eigenvalue weighted by Gasteiger charge is 2.34. The summed E-state index contributed by atoms with van der Waals surface area (Å²) in [6, 6.07) is 8.53. The predicted octanol–water partition coefficient (Wildman–Crippen LogP) is 6.42. The number of alkyl halides is 3. The maximum atomic E-state index is 13.7. The van der Waals surface area contributed by atoms with Gasteiger partial charge < -0.3 is 19.1 Å². The topological polar surface area (TPSA) is 65.1 Å². The van der Waals surface area contributed by atoms with Crippen LogP contribution in [0.4, 0.5) is 18.9 Å². The van der Waals surface area contributed by atoms with E-state index >= 15 is 0 Å². The third kappa shape index (κ3) is 5.62. The monoisotopic (exact) mass is 501 g/mol. The maximum absolute atomic E-state index is 13.7. The van der Waals surface area contributed by atoms with Gasteiger partial charge in [0.15, 0.2) is 5.75 Å². The second kappa shape index (κ2) is 10.7. The van der Waals surface area contributed by atoms with Gasteiger partial charge in [0.2, 0.25) is 0 Å². The molecule has 0 bridgehead atoms. The van der Waals surface area contributed by atoms with Gasteiger partial charge in [-0.25, -0.2) is 9.59 Å². The Morgan fingerprint density at radius 3 is 2.22 bits per heavy atom. The molecule has 1 aliphatic heterocycles. The SMILES string of the molecule is COC(=O)C1=C(C(=O)OC)N(c2cc(C(F)(F)F)ccc2Oc2cc(C)ccc2C(C)C)C=CC=C1. The minimum absolute atomic E-state index is 0.0349. The molecule has 9 heteroatoms. The summed E-state index contributed by atoms with van der Waals surface area (Å²) in [5.74, 6) is -1.26. The van der Waals surface area contributed by atoms with Crippen molar-refractivity contribution in [2.75, 3.05) is 19.1 Å². The molecule has 0 aliphatic carbocycles. The molecule has 0 aromatic heterocycles. The highest BCUT2D eigenvalue weighted by atomic mass is 19.4. The van der Waals surface area contributed by atoms with Crippen molar-refractivity contribution in [2.24, 2.45) is 0 Å². The Morgan fingerprint density at radius 1 is 0.917 bits per heavy atom. The highest BCUT2D eigenvalue weighted by Crippen LogP contribution is 2.42. The van der Waals surface area contributed by atoms with Crippen LogP contribution in [0.25, 0.3) is 0 Å². The molecule has 0 amide bonds. The zero-order chi connectivity index (χ0) is 26.6. The summed E-state index contributed by atoms with van der Waals surface area (Å²) in [7, 11) is 2.23. The molecule has 1 heterocycles. The van der Waals surface area contributed by atoms with Crippen LogP contribution < -0.4 is 9.64 Å². The van der Waals surface area contributed by atoms with Crippen molar-refractivity contribution in [3.05, 3.63) is 88.8 Å². The van der Waals surface area contributed by atoms with Gasteiger partial charge >= 0.3 is 18.1 Å². The van der Waals surface area contributed by atoms with E-state index in [9.17, 15) is 22.8 Å². The van der Waals surface area contributed by atoms with E-state index in [1.54, 1.807) is 6.07 Å². The molecule has 0 unspecified atom stereocenters. The molecule has 0 saturated heterocycles. The van der Waals surface area contributed by atoms with E-state index in [0.29, 0.717) is 5.75 Å². The van der Waals surface area contributed by atoms with Gasteiger partial charge in [0.25, 0.3) is 0 Å². The largest absolute Gasteiger partial charge is 0.465 e. The van der Waals surface area contributed by atoms with E-state index in [2.05, 4.69) is 0 Å². The lowest BCUT2D eigenvalue weighted by molar-refractivity contribution is -0.139. The number of hydrogen-bond acceptors (Lipinski definition) is 6. The molecule has 0 atom stereocenters. The quantitative estimate of drug-likeness (QED) is 0.426. The fourth-order valence-electron chi connectivity index (χ4n) is 3.64. The van der Waals surface area contributed by atoms with Crippen LogP contribution >= 0.6 is 0 Å². The Labute approximate surface area is 207 Å². The number of ether oxygens (including phenoxy) is 3. The average molecular weight is 502 g/mol. The summed E-state index contributed by atoms with van der Waals surface area (Å²) in [4.78, 5) is 26.4. The Morgan fingerprint density at radius 2 is 1.61 bits per heavy atom. The molecule has 2 aromatic carbocycles. The normalized spacial score (nSPS) is 13.6. The van der Waals surface area contributed by atoms with Gasteiger partial charge in [-0.1, -0.05) is 32.1 Å². The minimum Gasteiger partial charge on any atom is -0.465 e. The lowest BCUT2D eigenvalue weighted by atomic mass is 10.0. The number of benzene rings is 2. The standard InChI is InChI=1S/C27H26F3NO5/c1-16(2)19-11-9-17(3)14-23(19)36-22-12-10-18(27(28,29)30)15-21(22)31-13-7-6-8-20(25(32)34-4)24(31)26(33)35-5/h6-16H,1-5H3. The van der Waals surface area contributed by atoms with E-state index in [1.165, 1.54) is 30.5 Å². The first-order valence-electron chi connectivity index (χ1n) is 11.0. The first-order valence-corrected chi connectivity index (χ1v) is 11.0. The van der Waals surface area contributed by atoms with Crippen LogP contribution in [-0.4, -0.2) is 26.2 Å². The summed E-state index contributed by atoms with van der Waals surface area (Å²) in [6.07, 6.45) is 0.921. The summed E-state index contributed by atoms with van der Waals surface area (Å²) < 4.78 is 57.0. The fourth-order valence-corrected chi connectivity index (χ4v) is 3.64. The number of nitrogens with zero attached hydrogens (tertiary/aromatic N) is 1. The second-order valence-electron chi connectivity index (χ2n) is 8.29. The maximum Gasteiger partial charge on any atom is 0.416 e. The molecule has 0 saturated carbocycles. The van der Waals surface area contributed by atoms with Crippen LogP contribution in [0.1, 0.15) is 36.5 Å². The van der Waals surface area contributed by atoms with Crippen LogP contribution in [0.15, 0.2) is 72.1 Å². The number of halogens is 3. The summed E-state index contributed by atoms with van der Waals surface area (Å²) in [6.45, 7) is 5.80. The number of rotatable bonds is 6. The highest BCUT2D eigenvalue weighted by molar-refractivity contribution is 6.05. The molecule has 1 aliphatic rings. The van der Waals surface area contributed by atoms with Gasteiger partial charge in [0, 0.05) is 6.20 Å². The second-order valence-corrected chi connectivity index (χ2v) is 8.29. The number of methoxy groups -OCH3 is 2. The molecule has 2 aromatic rings. The van der Waals surface area contributed by atoms with Gasteiger partial charge in [-0.15, -0.1) is 0 Å². The third-order valence-electron chi connectivity index (χ3n) is 5.45. The van der Waals surface area contributed by atoms with E-state index in [-0.39, 0.29) is 28.6 Å². The van der Waals surface area contributed by atoms with Crippen molar-refractivity contribution >= 4 is 17.6 Å². The van der Waals surface area contributed by atoms with Gasteiger partial charge in [0.1, 0.15) is 11.4 Å². The van der Waals surface area contributed by atoms with Gasteiger partial charge in [-0.05, 0) is 60.4 Å². The Hall–Kier alpha value is -4.01. The smallest absolute Gasteiger partial charge is 0.416 e. The molecule has 36 heavy (non-hydrogen) atoms. The fraction of sp³-hybridized carbons (Fsp3) is 0.259. The number of carbonyl (C=O) groups is 2. The Kier molecular flexibility index (Phi) is 7.92. The van der Waals surface area contributed by atoms with Crippen LogP contribution in [-0.2, 0) is 25.2 Å². The van der Waals surface area contributed by atoms with E-state index < -0.39 is 23.7 Å². The van der Waals surface area contributed by atoms with E-state index in [4.69, 9.17) is 14.2 Å². The number of esters is 2. The number of allylic oxidation sites excluding steroid dienone is 2. The summed E-state index contributed by atoms with van der Waals surface area (Å²) in [5, 5.41) is 0. The number of aryl methyl sites for hydroxylation is 1. The van der Waals surface area contributed by atoms with Crippen LogP contribution in [0.5, 0.6) is 11.5 Å². The van der Waals surface area contributed by atoms with Gasteiger partial charge in [-0.2, -0.15) is 13.2 Å². The molecule has 0 N–H and O–H groups in total. The molecule has 0 radical (unpaired) electrons. The average Bonchev–Trinajstić information content (AvgIpc) is 3.05. The first kappa shape index (κ1) is 26.6. The lowest BCUT2D eigenvalue weighted by Gasteiger charge is -2.26. The molecule has 190 valence electrons. The summed E-state index contributed by atoms with van der Waals surface area (Å²) >= 11 is 0. The number of carbonyl (C=O) groups excluding carboxylic acids is 2. The molecule has 0 fully saturated rings. The Bertz CT molecular complexity index is 1260.